The first-order valence-corrected chi connectivity index (χ1v) is 10.6. The molecule has 0 atom stereocenters. The molecule has 1 aliphatic rings. The molecule has 1 aliphatic heterocycles. The lowest BCUT2D eigenvalue weighted by molar-refractivity contribution is -0.139. The van der Waals surface area contributed by atoms with E-state index in [0.717, 1.165) is 18.4 Å². The van der Waals surface area contributed by atoms with E-state index in [2.05, 4.69) is 0 Å². The van der Waals surface area contributed by atoms with Crippen LogP contribution in [0.1, 0.15) is 30.4 Å². The number of benzene rings is 2. The van der Waals surface area contributed by atoms with Crippen LogP contribution >= 0.6 is 11.6 Å². The Kier molecular flexibility index (Phi) is 7.95. The molecule has 2 amide bonds. The molecule has 0 aromatic heterocycles. The van der Waals surface area contributed by atoms with Crippen LogP contribution in [0.3, 0.4) is 0 Å². The number of halogens is 1. The molecule has 0 saturated carbocycles. The van der Waals surface area contributed by atoms with E-state index < -0.39 is 0 Å². The number of carbonyl (C=O) groups excluding carboxylic acids is 2. The third-order valence-corrected chi connectivity index (χ3v) is 5.55. The molecule has 7 heteroatoms. The van der Waals surface area contributed by atoms with Gasteiger partial charge in [0, 0.05) is 23.2 Å². The van der Waals surface area contributed by atoms with Gasteiger partial charge in [-0.25, -0.2) is 0 Å². The Labute approximate surface area is 193 Å². The fourth-order valence-electron chi connectivity index (χ4n) is 3.55. The minimum absolute atomic E-state index is 0.290. The van der Waals surface area contributed by atoms with Gasteiger partial charge in [-0.3, -0.25) is 14.5 Å². The van der Waals surface area contributed by atoms with Crippen molar-refractivity contribution in [1.29, 1.82) is 0 Å². The van der Waals surface area contributed by atoms with Crippen molar-refractivity contribution in [3.05, 3.63) is 64.2 Å². The molecule has 168 valence electrons. The summed E-state index contributed by atoms with van der Waals surface area (Å²) in [6.07, 6.45) is 6.96. The van der Waals surface area contributed by atoms with Gasteiger partial charge in [0.15, 0.2) is 11.5 Å². The summed E-state index contributed by atoms with van der Waals surface area (Å²) in [5.41, 5.74) is 2.02. The number of amides is 2. The highest BCUT2D eigenvalue weighted by molar-refractivity contribution is 6.32. The lowest BCUT2D eigenvalue weighted by atomic mass is 10.1. The molecule has 0 unspecified atom stereocenters. The van der Waals surface area contributed by atoms with Crippen molar-refractivity contribution in [2.75, 3.05) is 27.9 Å². The maximum absolute atomic E-state index is 13.1. The van der Waals surface area contributed by atoms with E-state index in [9.17, 15) is 9.59 Å². The molecule has 0 bridgehead atoms. The van der Waals surface area contributed by atoms with Crippen molar-refractivity contribution in [2.45, 2.75) is 19.3 Å². The van der Waals surface area contributed by atoms with Crippen molar-refractivity contribution in [3.8, 4) is 17.2 Å². The first-order valence-electron chi connectivity index (χ1n) is 10.3. The topological polar surface area (TPSA) is 65.1 Å². The van der Waals surface area contributed by atoms with E-state index in [0.29, 0.717) is 46.4 Å². The average Bonchev–Trinajstić information content (AvgIpc) is 2.99. The normalized spacial score (nSPS) is 15.7. The van der Waals surface area contributed by atoms with Crippen LogP contribution in [0.15, 0.2) is 48.0 Å². The van der Waals surface area contributed by atoms with Crippen LogP contribution in [0.25, 0.3) is 12.2 Å². The van der Waals surface area contributed by atoms with Crippen LogP contribution in [-0.4, -0.2) is 44.6 Å². The highest BCUT2D eigenvalue weighted by atomic mass is 35.5. The Bertz CT molecular complexity index is 1040. The molecular formula is C25H26ClNO5. The zero-order chi connectivity index (χ0) is 23.1. The van der Waals surface area contributed by atoms with E-state index >= 15 is 0 Å². The molecular weight excluding hydrogens is 430 g/mol. The number of hydrogen-bond acceptors (Lipinski definition) is 5. The summed E-state index contributed by atoms with van der Waals surface area (Å²) < 4.78 is 16.0. The van der Waals surface area contributed by atoms with E-state index in [1.54, 1.807) is 30.4 Å². The van der Waals surface area contributed by atoms with Crippen LogP contribution in [-0.2, 0) is 9.59 Å². The highest BCUT2D eigenvalue weighted by Gasteiger charge is 2.25. The number of likely N-dealkylation sites (tertiary alicyclic amines) is 1. The zero-order valence-corrected chi connectivity index (χ0v) is 19.1. The van der Waals surface area contributed by atoms with Crippen molar-refractivity contribution < 1.29 is 23.8 Å². The monoisotopic (exact) mass is 455 g/mol. The van der Waals surface area contributed by atoms with Gasteiger partial charge in [-0.15, -0.1) is 0 Å². The Morgan fingerprint density at radius 2 is 1.72 bits per heavy atom. The van der Waals surface area contributed by atoms with Crippen molar-refractivity contribution in [2.24, 2.45) is 0 Å². The molecule has 0 radical (unpaired) electrons. The van der Waals surface area contributed by atoms with Crippen molar-refractivity contribution in [1.82, 2.24) is 4.90 Å². The van der Waals surface area contributed by atoms with Crippen LogP contribution < -0.4 is 14.2 Å². The quantitative estimate of drug-likeness (QED) is 0.573. The van der Waals surface area contributed by atoms with Crippen LogP contribution in [0.2, 0.25) is 5.02 Å². The van der Waals surface area contributed by atoms with Gasteiger partial charge in [0.25, 0.3) is 11.8 Å². The smallest absolute Gasteiger partial charge is 0.256 e. The molecule has 0 spiro atoms. The van der Waals surface area contributed by atoms with Crippen molar-refractivity contribution in [3.63, 3.8) is 0 Å². The molecule has 1 saturated heterocycles. The summed E-state index contributed by atoms with van der Waals surface area (Å²) in [6, 6.07) is 10.8. The second-order valence-corrected chi connectivity index (χ2v) is 7.64. The number of hydrogen-bond donors (Lipinski definition) is 0. The highest BCUT2D eigenvalue weighted by Crippen LogP contribution is 2.38. The van der Waals surface area contributed by atoms with Gasteiger partial charge in [-0.1, -0.05) is 29.8 Å². The van der Waals surface area contributed by atoms with E-state index in [4.69, 9.17) is 25.8 Å². The minimum atomic E-state index is -0.379. The Balaban J connectivity index is 1.84. The zero-order valence-electron chi connectivity index (χ0n) is 18.4. The van der Waals surface area contributed by atoms with Crippen molar-refractivity contribution >= 4 is 35.6 Å². The largest absolute Gasteiger partial charge is 0.493 e. The summed E-state index contributed by atoms with van der Waals surface area (Å²) in [7, 11) is 4.58. The Hall–Kier alpha value is -3.25. The Morgan fingerprint density at radius 1 is 1.03 bits per heavy atom. The molecule has 2 aromatic rings. The van der Waals surface area contributed by atoms with Gasteiger partial charge in [-0.05, 0) is 60.7 Å². The van der Waals surface area contributed by atoms with Gasteiger partial charge >= 0.3 is 0 Å². The first kappa shape index (κ1) is 23.4. The summed E-state index contributed by atoms with van der Waals surface area (Å²) in [4.78, 5) is 27.3. The fourth-order valence-corrected chi connectivity index (χ4v) is 3.74. The third kappa shape index (κ3) is 5.32. The van der Waals surface area contributed by atoms with Crippen LogP contribution in [0.4, 0.5) is 0 Å². The van der Waals surface area contributed by atoms with Crippen LogP contribution in [0.5, 0.6) is 17.2 Å². The standard InChI is InChI=1S/C25H26ClNO5/c1-30-21-14-17(15-22(31-2)24(21)32-3)11-12-23(28)27-13-7-6-9-19(25(27)29)16-18-8-4-5-10-20(18)26/h4-5,8,10-12,14-16H,6-7,9,13H2,1-3H3. The SMILES string of the molecule is COc1cc(C=CC(=O)N2CCCCC(=Cc3ccccc3Cl)C2=O)cc(OC)c1OC. The molecule has 0 N–H and O–H groups in total. The second-order valence-electron chi connectivity index (χ2n) is 7.24. The summed E-state index contributed by atoms with van der Waals surface area (Å²) in [5.74, 6) is 0.762. The molecule has 1 heterocycles. The molecule has 2 aromatic carbocycles. The summed E-state index contributed by atoms with van der Waals surface area (Å²) >= 11 is 6.24. The van der Waals surface area contributed by atoms with Gasteiger partial charge < -0.3 is 14.2 Å². The van der Waals surface area contributed by atoms with E-state index in [1.165, 1.54) is 32.3 Å². The number of carbonyl (C=O) groups is 2. The summed E-state index contributed by atoms with van der Waals surface area (Å²) in [5, 5.41) is 0.567. The molecule has 0 aliphatic carbocycles. The number of ether oxygens (including phenoxy) is 3. The molecule has 32 heavy (non-hydrogen) atoms. The number of methoxy groups -OCH3 is 3. The van der Waals surface area contributed by atoms with E-state index in [1.807, 2.05) is 18.2 Å². The molecule has 1 fully saturated rings. The second kappa shape index (κ2) is 10.9. The molecule has 3 rings (SSSR count). The number of rotatable bonds is 6. The van der Waals surface area contributed by atoms with Gasteiger partial charge in [0.05, 0.1) is 21.3 Å². The maximum atomic E-state index is 13.1. The third-order valence-electron chi connectivity index (χ3n) is 5.20. The van der Waals surface area contributed by atoms with Crippen LogP contribution in [0, 0.1) is 0 Å². The van der Waals surface area contributed by atoms with E-state index in [-0.39, 0.29) is 11.8 Å². The number of imide groups is 1. The first-order chi connectivity index (χ1) is 15.5. The predicted octanol–water partition coefficient (Wildman–Crippen LogP) is 5.00. The molecule has 6 nitrogen and oxygen atoms in total. The van der Waals surface area contributed by atoms with Gasteiger partial charge in [0.1, 0.15) is 0 Å². The average molecular weight is 456 g/mol. The maximum Gasteiger partial charge on any atom is 0.256 e. The lowest BCUT2D eigenvalue weighted by Crippen LogP contribution is -2.36. The lowest BCUT2D eigenvalue weighted by Gasteiger charge is -2.17. The Morgan fingerprint density at radius 3 is 2.34 bits per heavy atom. The number of nitrogens with zero attached hydrogens (tertiary/aromatic N) is 1. The predicted molar refractivity (Wildman–Crippen MR) is 125 cm³/mol. The van der Waals surface area contributed by atoms with Gasteiger partial charge in [0.2, 0.25) is 5.75 Å². The van der Waals surface area contributed by atoms with Gasteiger partial charge in [-0.2, -0.15) is 0 Å². The summed E-state index contributed by atoms with van der Waals surface area (Å²) in [6.45, 7) is 0.372. The minimum Gasteiger partial charge on any atom is -0.493 e. The fraction of sp³-hybridized carbons (Fsp3) is 0.280.